The number of benzene rings is 2. The number of rotatable bonds is 5. The maximum atomic E-state index is 12.7. The summed E-state index contributed by atoms with van der Waals surface area (Å²) in [5.41, 5.74) is 11.7. The molecule has 28 heavy (non-hydrogen) atoms. The molecule has 7 heteroatoms. The molecule has 0 unspecified atom stereocenters. The Balaban J connectivity index is 1.82. The number of nitrogens with one attached hydrogen (secondary N) is 1. The zero-order valence-corrected chi connectivity index (χ0v) is 15.7. The Morgan fingerprint density at radius 2 is 1.75 bits per heavy atom. The number of imidazole rings is 1. The van der Waals surface area contributed by atoms with E-state index in [1.807, 2.05) is 53.1 Å². The van der Waals surface area contributed by atoms with Gasteiger partial charge in [-0.05, 0) is 42.0 Å². The third-order valence-electron chi connectivity index (χ3n) is 4.36. The highest BCUT2D eigenvalue weighted by molar-refractivity contribution is 6.30. The van der Waals surface area contributed by atoms with E-state index in [9.17, 15) is 4.79 Å². The third-order valence-corrected chi connectivity index (χ3v) is 4.61. The fourth-order valence-electron chi connectivity index (χ4n) is 2.98. The molecule has 0 aliphatic rings. The van der Waals surface area contributed by atoms with Crippen molar-refractivity contribution in [2.45, 2.75) is 6.54 Å². The van der Waals surface area contributed by atoms with Crippen LogP contribution in [0.2, 0.25) is 5.02 Å². The molecule has 0 fully saturated rings. The summed E-state index contributed by atoms with van der Waals surface area (Å²) in [6.45, 7) is 0.370. The van der Waals surface area contributed by atoms with Crippen LogP contribution >= 0.6 is 11.6 Å². The van der Waals surface area contributed by atoms with Crippen LogP contribution in [0.3, 0.4) is 0 Å². The number of nitrogens with two attached hydrogens (primary N) is 1. The summed E-state index contributed by atoms with van der Waals surface area (Å²) in [6, 6.07) is 18.8. The lowest BCUT2D eigenvalue weighted by atomic mass is 10.1. The van der Waals surface area contributed by atoms with Crippen molar-refractivity contribution in [3.05, 3.63) is 95.5 Å². The molecule has 0 bridgehead atoms. The number of halogens is 1. The first-order chi connectivity index (χ1) is 13.7. The van der Waals surface area contributed by atoms with Gasteiger partial charge in [0, 0.05) is 41.4 Å². The molecule has 0 atom stereocenters. The Bertz CT molecular complexity index is 1100. The van der Waals surface area contributed by atoms with E-state index in [2.05, 4.69) is 10.4 Å². The van der Waals surface area contributed by atoms with Crippen molar-refractivity contribution in [2.24, 2.45) is 5.73 Å². The van der Waals surface area contributed by atoms with Crippen molar-refractivity contribution in [3.63, 3.8) is 0 Å². The van der Waals surface area contributed by atoms with E-state index in [1.54, 1.807) is 35.4 Å². The summed E-state index contributed by atoms with van der Waals surface area (Å²) in [5.74, 6) is 0.330. The highest BCUT2D eigenvalue weighted by atomic mass is 35.5. The molecule has 4 rings (SSSR count). The number of amides is 1. The van der Waals surface area contributed by atoms with E-state index in [1.165, 1.54) is 0 Å². The number of hydrogen-bond acceptors (Lipinski definition) is 3. The van der Waals surface area contributed by atoms with Gasteiger partial charge in [0.25, 0.3) is 5.91 Å². The van der Waals surface area contributed by atoms with E-state index in [-0.39, 0.29) is 5.91 Å². The van der Waals surface area contributed by atoms with Crippen LogP contribution in [-0.2, 0) is 6.54 Å². The normalized spacial score (nSPS) is 10.8. The van der Waals surface area contributed by atoms with Crippen molar-refractivity contribution in [3.8, 4) is 17.1 Å². The minimum Gasteiger partial charge on any atom is -0.326 e. The van der Waals surface area contributed by atoms with Gasteiger partial charge in [0.2, 0.25) is 0 Å². The van der Waals surface area contributed by atoms with Gasteiger partial charge in [-0.2, -0.15) is 0 Å². The molecule has 0 aliphatic carbocycles. The molecule has 2 aromatic carbocycles. The van der Waals surface area contributed by atoms with Crippen LogP contribution in [0, 0.1) is 0 Å². The van der Waals surface area contributed by atoms with E-state index in [0.29, 0.717) is 23.1 Å². The molecule has 4 aromatic rings. The molecular formula is C21H18ClN5O. The molecule has 1 amide bonds. The van der Waals surface area contributed by atoms with Crippen molar-refractivity contribution in [2.75, 3.05) is 5.43 Å². The lowest BCUT2D eigenvalue weighted by Crippen LogP contribution is -2.21. The average molecular weight is 392 g/mol. The van der Waals surface area contributed by atoms with Crippen LogP contribution in [-0.4, -0.2) is 20.1 Å². The van der Waals surface area contributed by atoms with Crippen LogP contribution in [0.5, 0.6) is 0 Å². The van der Waals surface area contributed by atoms with Gasteiger partial charge < -0.3 is 5.73 Å². The fourth-order valence-corrected chi connectivity index (χ4v) is 3.10. The second-order valence-corrected chi connectivity index (χ2v) is 6.63. The Hall–Kier alpha value is -3.35. The third kappa shape index (κ3) is 3.55. The summed E-state index contributed by atoms with van der Waals surface area (Å²) >= 11 is 6.03. The molecule has 6 nitrogen and oxygen atoms in total. The van der Waals surface area contributed by atoms with Gasteiger partial charge in [0.1, 0.15) is 11.5 Å². The molecule has 3 N–H and O–H groups in total. The molecule has 0 spiro atoms. The van der Waals surface area contributed by atoms with Crippen LogP contribution in [0.1, 0.15) is 16.1 Å². The number of carbonyl (C=O) groups excluding carboxylic acids is 1. The monoisotopic (exact) mass is 391 g/mol. The van der Waals surface area contributed by atoms with E-state index in [0.717, 1.165) is 16.8 Å². The first-order valence-corrected chi connectivity index (χ1v) is 9.11. The maximum Gasteiger partial charge on any atom is 0.290 e. The van der Waals surface area contributed by atoms with E-state index >= 15 is 0 Å². The van der Waals surface area contributed by atoms with Crippen molar-refractivity contribution >= 4 is 17.5 Å². The van der Waals surface area contributed by atoms with Gasteiger partial charge in [-0.1, -0.05) is 35.9 Å². The zero-order valence-electron chi connectivity index (χ0n) is 14.9. The van der Waals surface area contributed by atoms with E-state index in [4.69, 9.17) is 17.3 Å². The van der Waals surface area contributed by atoms with E-state index < -0.39 is 0 Å². The number of nitrogens with zero attached hydrogens (tertiary/aromatic N) is 3. The van der Waals surface area contributed by atoms with Gasteiger partial charge in [0.05, 0.1) is 0 Å². The number of hydrogen-bond donors (Lipinski definition) is 2. The molecule has 140 valence electrons. The number of carbonyl (C=O) groups is 1. The van der Waals surface area contributed by atoms with Crippen LogP contribution in [0.15, 0.2) is 79.3 Å². The highest BCUT2D eigenvalue weighted by Gasteiger charge is 2.18. The van der Waals surface area contributed by atoms with Gasteiger partial charge in [0.15, 0.2) is 0 Å². The Labute approximate surface area is 167 Å². The van der Waals surface area contributed by atoms with Crippen molar-refractivity contribution < 1.29 is 4.79 Å². The summed E-state index contributed by atoms with van der Waals surface area (Å²) < 4.78 is 3.45. The lowest BCUT2D eigenvalue weighted by Gasteiger charge is -2.11. The van der Waals surface area contributed by atoms with Gasteiger partial charge >= 0.3 is 0 Å². The largest absolute Gasteiger partial charge is 0.326 e. The van der Waals surface area contributed by atoms with Gasteiger partial charge in [-0.15, -0.1) is 0 Å². The summed E-state index contributed by atoms with van der Waals surface area (Å²) in [7, 11) is 0. The minimum absolute atomic E-state index is 0.297. The molecule has 0 radical (unpaired) electrons. The topological polar surface area (TPSA) is 77.9 Å². The predicted molar refractivity (Wildman–Crippen MR) is 110 cm³/mol. The second kappa shape index (κ2) is 7.72. The standard InChI is InChI=1S/C21H18ClN5O/c22-16-7-9-17(10-8-16)27-14-19(21(28)25-26-11-3-4-12-26)24-20(27)18-6-2-1-5-15(18)13-23/h1-12,14H,13,23H2,(H,25,28). The minimum atomic E-state index is -0.310. The molecule has 2 aromatic heterocycles. The van der Waals surface area contributed by atoms with Crippen molar-refractivity contribution in [1.29, 1.82) is 0 Å². The quantitative estimate of drug-likeness (QED) is 0.542. The average Bonchev–Trinajstić information content (AvgIpc) is 3.38. The zero-order chi connectivity index (χ0) is 19.5. The predicted octanol–water partition coefficient (Wildman–Crippen LogP) is 3.84. The molecule has 2 heterocycles. The summed E-state index contributed by atoms with van der Waals surface area (Å²) in [6.07, 6.45) is 5.21. The maximum absolute atomic E-state index is 12.7. The second-order valence-electron chi connectivity index (χ2n) is 6.19. The summed E-state index contributed by atoms with van der Waals surface area (Å²) in [4.78, 5) is 17.3. The summed E-state index contributed by atoms with van der Waals surface area (Å²) in [5, 5.41) is 0.637. The molecule has 0 aliphatic heterocycles. The first-order valence-electron chi connectivity index (χ1n) is 8.73. The van der Waals surface area contributed by atoms with Crippen LogP contribution < -0.4 is 11.2 Å². The lowest BCUT2D eigenvalue weighted by molar-refractivity contribution is 0.100. The molecular weight excluding hydrogens is 374 g/mol. The van der Waals surface area contributed by atoms with Crippen LogP contribution in [0.25, 0.3) is 17.1 Å². The Morgan fingerprint density at radius 3 is 2.46 bits per heavy atom. The highest BCUT2D eigenvalue weighted by Crippen LogP contribution is 2.27. The van der Waals surface area contributed by atoms with Gasteiger partial charge in [-0.3, -0.25) is 19.5 Å². The smallest absolute Gasteiger partial charge is 0.290 e. The number of aromatic nitrogens is 3. The van der Waals surface area contributed by atoms with Gasteiger partial charge in [-0.25, -0.2) is 4.98 Å². The SMILES string of the molecule is NCc1ccccc1-c1nc(C(=O)Nn2cccc2)cn1-c1ccc(Cl)cc1. The Kier molecular flexibility index (Phi) is 4.97. The van der Waals surface area contributed by atoms with Crippen LogP contribution in [0.4, 0.5) is 0 Å². The Morgan fingerprint density at radius 1 is 1.04 bits per heavy atom. The molecule has 0 saturated carbocycles. The first kappa shape index (κ1) is 18.0. The molecule has 0 saturated heterocycles. The van der Waals surface area contributed by atoms with Crippen molar-refractivity contribution in [1.82, 2.24) is 14.2 Å². The fraction of sp³-hybridized carbons (Fsp3) is 0.0476.